The van der Waals surface area contributed by atoms with Crippen LogP contribution < -0.4 is 0 Å². The summed E-state index contributed by atoms with van der Waals surface area (Å²) in [4.78, 5) is 0. The molecule has 0 heterocycles. The summed E-state index contributed by atoms with van der Waals surface area (Å²) in [6.45, 7) is 16.4. The van der Waals surface area contributed by atoms with E-state index in [2.05, 4.69) is 58.6 Å². The highest BCUT2D eigenvalue weighted by Crippen LogP contribution is 2.21. The van der Waals surface area contributed by atoms with Crippen molar-refractivity contribution in [1.82, 2.24) is 0 Å². The molecule has 0 saturated heterocycles. The fraction of sp³-hybridized carbons (Fsp3) is 0.400. The summed E-state index contributed by atoms with van der Waals surface area (Å²) in [5.74, 6) is 0.542. The van der Waals surface area contributed by atoms with Gasteiger partial charge in [0.05, 0.1) is 0 Å². The van der Waals surface area contributed by atoms with E-state index in [9.17, 15) is 0 Å². The van der Waals surface area contributed by atoms with Crippen molar-refractivity contribution in [3.05, 3.63) is 65.3 Å². The van der Waals surface area contributed by atoms with Crippen LogP contribution in [0.15, 0.2) is 54.1 Å². The molecule has 0 spiro atoms. The lowest BCUT2D eigenvalue weighted by Gasteiger charge is -2.13. The fourth-order valence-corrected chi connectivity index (χ4v) is 2.05. The first-order valence-corrected chi connectivity index (χ1v) is 8.06. The monoisotopic (exact) mass is 304 g/mol. The molecule has 1 aromatic carbocycles. The molecule has 21 heavy (non-hydrogen) atoms. The van der Waals surface area contributed by atoms with Crippen molar-refractivity contribution in [1.29, 1.82) is 0 Å². The average molecular weight is 305 g/mol. The molecule has 0 aliphatic rings. The predicted molar refractivity (Wildman–Crippen MR) is 98.7 cm³/mol. The van der Waals surface area contributed by atoms with Crippen molar-refractivity contribution in [2.24, 2.45) is 5.92 Å². The van der Waals surface area contributed by atoms with Gasteiger partial charge in [-0.1, -0.05) is 86.5 Å². The summed E-state index contributed by atoms with van der Waals surface area (Å²) in [6, 6.07) is 8.34. The van der Waals surface area contributed by atoms with Crippen LogP contribution in [0.4, 0.5) is 0 Å². The van der Waals surface area contributed by atoms with E-state index >= 15 is 0 Å². The van der Waals surface area contributed by atoms with Gasteiger partial charge in [0, 0.05) is 5.03 Å². The zero-order chi connectivity index (χ0) is 16.4. The minimum atomic E-state index is 0.542. The Hall–Kier alpha value is -1.27. The summed E-state index contributed by atoms with van der Waals surface area (Å²) in [7, 11) is 0. The molecule has 0 fully saturated rings. The molecule has 0 N–H and O–H groups in total. The Kier molecular flexibility index (Phi) is 9.82. The van der Waals surface area contributed by atoms with Gasteiger partial charge >= 0.3 is 0 Å². The van der Waals surface area contributed by atoms with Gasteiger partial charge in [0.25, 0.3) is 0 Å². The molecular weight excluding hydrogens is 276 g/mol. The second kappa shape index (κ2) is 10.5. The first-order chi connectivity index (χ1) is 9.93. The largest absolute Gasteiger partial charge is 0.0847 e. The Morgan fingerprint density at radius 3 is 2.14 bits per heavy atom. The van der Waals surface area contributed by atoms with Gasteiger partial charge in [-0.05, 0) is 44.2 Å². The van der Waals surface area contributed by atoms with Crippen molar-refractivity contribution >= 4 is 16.6 Å². The van der Waals surface area contributed by atoms with Gasteiger partial charge in [-0.3, -0.25) is 0 Å². The molecular formula is C20H29Cl. The molecule has 1 aromatic rings. The van der Waals surface area contributed by atoms with E-state index in [4.69, 9.17) is 11.6 Å². The third-order valence-electron chi connectivity index (χ3n) is 3.50. The lowest BCUT2D eigenvalue weighted by Crippen LogP contribution is -2.01. The Labute approximate surface area is 136 Å². The molecule has 0 radical (unpaired) electrons. The maximum Gasteiger partial charge on any atom is 0.0406 e. The van der Waals surface area contributed by atoms with E-state index in [1.807, 2.05) is 26.0 Å². The normalized spacial score (nSPS) is 13.3. The second-order valence-corrected chi connectivity index (χ2v) is 5.58. The highest BCUT2D eigenvalue weighted by Gasteiger charge is 2.06. The number of benzene rings is 1. The minimum Gasteiger partial charge on any atom is -0.0847 e. The molecule has 1 heteroatoms. The SMILES string of the molecule is C=C(Cl)c1ccc(CC(C)/C(C)=C\C(C)=C/C)cc1.CC. The molecule has 1 rings (SSSR count). The first kappa shape index (κ1) is 19.7. The maximum absolute atomic E-state index is 5.88. The summed E-state index contributed by atoms with van der Waals surface area (Å²) in [5, 5.41) is 0.597. The van der Waals surface area contributed by atoms with Crippen LogP contribution >= 0.6 is 11.6 Å². The maximum atomic E-state index is 5.88. The third kappa shape index (κ3) is 7.34. The molecule has 0 saturated carbocycles. The van der Waals surface area contributed by atoms with E-state index in [1.54, 1.807) is 0 Å². The third-order valence-corrected chi connectivity index (χ3v) is 3.72. The van der Waals surface area contributed by atoms with Gasteiger partial charge in [0.1, 0.15) is 0 Å². The smallest absolute Gasteiger partial charge is 0.0406 e. The van der Waals surface area contributed by atoms with E-state index in [0.717, 1.165) is 12.0 Å². The van der Waals surface area contributed by atoms with Gasteiger partial charge in [-0.25, -0.2) is 0 Å². The molecule has 0 aromatic heterocycles. The van der Waals surface area contributed by atoms with Crippen molar-refractivity contribution in [3.8, 4) is 0 Å². The number of rotatable bonds is 5. The Morgan fingerprint density at radius 1 is 1.19 bits per heavy atom. The van der Waals surface area contributed by atoms with Crippen molar-refractivity contribution in [2.45, 2.75) is 48.0 Å². The van der Waals surface area contributed by atoms with Crippen LogP contribution in [0.2, 0.25) is 0 Å². The van der Waals surface area contributed by atoms with Crippen molar-refractivity contribution < 1.29 is 0 Å². The highest BCUT2D eigenvalue weighted by atomic mass is 35.5. The van der Waals surface area contributed by atoms with Crippen LogP contribution in [0, 0.1) is 5.92 Å². The predicted octanol–water partition coefficient (Wildman–Crippen LogP) is 7.01. The number of hydrogen-bond donors (Lipinski definition) is 0. The molecule has 1 unspecified atom stereocenters. The van der Waals surface area contributed by atoms with E-state index in [1.165, 1.54) is 16.7 Å². The van der Waals surface area contributed by atoms with E-state index < -0.39 is 0 Å². The molecule has 1 atom stereocenters. The lowest BCUT2D eigenvalue weighted by atomic mass is 9.93. The molecule has 0 aliphatic heterocycles. The molecule has 0 nitrogen and oxygen atoms in total. The van der Waals surface area contributed by atoms with Gasteiger partial charge < -0.3 is 0 Å². The van der Waals surface area contributed by atoms with Gasteiger partial charge in [0.2, 0.25) is 0 Å². The molecule has 0 amide bonds. The van der Waals surface area contributed by atoms with Crippen LogP contribution in [0.25, 0.3) is 5.03 Å². The summed E-state index contributed by atoms with van der Waals surface area (Å²) >= 11 is 5.88. The van der Waals surface area contributed by atoms with Gasteiger partial charge in [-0.15, -0.1) is 0 Å². The topological polar surface area (TPSA) is 0 Å². The van der Waals surface area contributed by atoms with Crippen LogP contribution in [-0.2, 0) is 6.42 Å². The Bertz CT molecular complexity index is 489. The Morgan fingerprint density at radius 2 is 1.71 bits per heavy atom. The van der Waals surface area contributed by atoms with Gasteiger partial charge in [-0.2, -0.15) is 0 Å². The first-order valence-electron chi connectivity index (χ1n) is 7.69. The zero-order valence-corrected chi connectivity index (χ0v) is 15.1. The van der Waals surface area contributed by atoms with E-state index in [-0.39, 0.29) is 0 Å². The summed E-state index contributed by atoms with van der Waals surface area (Å²) in [5.41, 5.74) is 5.06. The van der Waals surface area contributed by atoms with Crippen LogP contribution in [0.1, 0.15) is 52.7 Å². The molecule has 116 valence electrons. The molecule has 0 aliphatic carbocycles. The quantitative estimate of drug-likeness (QED) is 0.513. The zero-order valence-electron chi connectivity index (χ0n) is 14.3. The second-order valence-electron chi connectivity index (χ2n) is 5.13. The standard InChI is InChI=1S/C18H23Cl.C2H6/c1-6-13(2)11-14(3)15(4)12-17-7-9-18(10-8-17)16(5)19;1-2/h6-11,15H,5,12H2,1-4H3;1-2H3/b13-6-,14-11-;. The fourth-order valence-electron chi connectivity index (χ4n) is 1.92. The van der Waals surface area contributed by atoms with Crippen molar-refractivity contribution in [3.63, 3.8) is 0 Å². The average Bonchev–Trinajstić information content (AvgIpc) is 2.49. The number of hydrogen-bond acceptors (Lipinski definition) is 0. The lowest BCUT2D eigenvalue weighted by molar-refractivity contribution is 0.677. The van der Waals surface area contributed by atoms with Crippen molar-refractivity contribution in [2.75, 3.05) is 0 Å². The molecule has 0 bridgehead atoms. The minimum absolute atomic E-state index is 0.542. The van der Waals surface area contributed by atoms with Crippen LogP contribution in [0.5, 0.6) is 0 Å². The van der Waals surface area contributed by atoms with Crippen LogP contribution in [-0.4, -0.2) is 0 Å². The summed E-state index contributed by atoms with van der Waals surface area (Å²) < 4.78 is 0. The van der Waals surface area contributed by atoms with Gasteiger partial charge in [0.15, 0.2) is 0 Å². The number of halogens is 1. The highest BCUT2D eigenvalue weighted by molar-refractivity contribution is 6.48. The van der Waals surface area contributed by atoms with Crippen LogP contribution in [0.3, 0.4) is 0 Å². The summed E-state index contributed by atoms with van der Waals surface area (Å²) in [6.07, 6.45) is 5.45. The number of allylic oxidation sites excluding steroid dienone is 4. The van der Waals surface area contributed by atoms with E-state index in [0.29, 0.717) is 11.0 Å². The Balaban J connectivity index is 0.00000191.